The molecule has 0 saturated carbocycles. The molecule has 0 aliphatic heterocycles. The van der Waals surface area contributed by atoms with Gasteiger partial charge in [-0.1, -0.05) is 12.8 Å². The van der Waals surface area contributed by atoms with Gasteiger partial charge in [0.05, 0.1) is 0 Å². The highest BCUT2D eigenvalue weighted by Crippen LogP contribution is 2.14. The minimum absolute atomic E-state index is 0.472. The third-order valence-corrected chi connectivity index (χ3v) is 1.73. The van der Waals surface area contributed by atoms with Gasteiger partial charge in [-0.3, -0.25) is 0 Å². The third-order valence-electron chi connectivity index (χ3n) is 1.47. The van der Waals surface area contributed by atoms with Crippen molar-refractivity contribution in [1.82, 2.24) is 0 Å². The SMILES string of the molecule is CC(C)Nc1ccc(NS)cc1. The van der Waals surface area contributed by atoms with Gasteiger partial charge in [-0.05, 0) is 38.1 Å². The van der Waals surface area contributed by atoms with E-state index in [1.807, 2.05) is 24.3 Å². The van der Waals surface area contributed by atoms with Crippen LogP contribution >= 0.6 is 12.8 Å². The average Bonchev–Trinajstić information content (AvgIpc) is 2.05. The van der Waals surface area contributed by atoms with Crippen molar-refractivity contribution in [3.05, 3.63) is 24.3 Å². The fourth-order valence-electron chi connectivity index (χ4n) is 0.974. The Morgan fingerprint density at radius 1 is 1.08 bits per heavy atom. The maximum absolute atomic E-state index is 3.94. The summed E-state index contributed by atoms with van der Waals surface area (Å²) in [7, 11) is 0. The van der Waals surface area contributed by atoms with Crippen LogP contribution in [0.3, 0.4) is 0 Å². The van der Waals surface area contributed by atoms with Crippen molar-refractivity contribution >= 4 is 24.2 Å². The Morgan fingerprint density at radius 2 is 1.58 bits per heavy atom. The molecule has 1 aromatic carbocycles. The lowest BCUT2D eigenvalue weighted by molar-refractivity contribution is 0.900. The first-order valence-electron chi connectivity index (χ1n) is 3.99. The van der Waals surface area contributed by atoms with Crippen LogP contribution < -0.4 is 10.0 Å². The van der Waals surface area contributed by atoms with Crippen LogP contribution in [0.2, 0.25) is 0 Å². The fraction of sp³-hybridized carbons (Fsp3) is 0.333. The average molecular weight is 182 g/mol. The van der Waals surface area contributed by atoms with Crippen molar-refractivity contribution in [1.29, 1.82) is 0 Å². The summed E-state index contributed by atoms with van der Waals surface area (Å²) in [5.41, 5.74) is 2.14. The van der Waals surface area contributed by atoms with E-state index in [4.69, 9.17) is 0 Å². The highest BCUT2D eigenvalue weighted by atomic mass is 32.1. The van der Waals surface area contributed by atoms with Gasteiger partial charge in [0.1, 0.15) is 0 Å². The Bertz CT molecular complexity index is 231. The van der Waals surface area contributed by atoms with Crippen molar-refractivity contribution in [2.45, 2.75) is 19.9 Å². The molecular weight excluding hydrogens is 168 g/mol. The molecule has 2 nitrogen and oxygen atoms in total. The molecule has 0 aliphatic carbocycles. The predicted octanol–water partition coefficient (Wildman–Crippen LogP) is 2.76. The van der Waals surface area contributed by atoms with Crippen LogP contribution in [0, 0.1) is 0 Å². The summed E-state index contributed by atoms with van der Waals surface area (Å²) < 4.78 is 2.77. The van der Waals surface area contributed by atoms with E-state index < -0.39 is 0 Å². The second kappa shape index (κ2) is 4.26. The summed E-state index contributed by atoms with van der Waals surface area (Å²) in [6.45, 7) is 4.23. The van der Waals surface area contributed by atoms with Crippen LogP contribution in [-0.4, -0.2) is 6.04 Å². The summed E-state index contributed by atoms with van der Waals surface area (Å²) >= 11 is 3.94. The Kier molecular flexibility index (Phi) is 3.29. The number of rotatable bonds is 3. The summed E-state index contributed by atoms with van der Waals surface area (Å²) in [6, 6.07) is 8.49. The third kappa shape index (κ3) is 2.66. The van der Waals surface area contributed by atoms with E-state index >= 15 is 0 Å². The van der Waals surface area contributed by atoms with Gasteiger partial charge in [-0.15, -0.1) is 0 Å². The second-order valence-electron chi connectivity index (χ2n) is 2.99. The molecule has 2 N–H and O–H groups in total. The number of benzene rings is 1. The van der Waals surface area contributed by atoms with Gasteiger partial charge < -0.3 is 10.0 Å². The van der Waals surface area contributed by atoms with Gasteiger partial charge in [0, 0.05) is 17.4 Å². The van der Waals surface area contributed by atoms with E-state index in [9.17, 15) is 0 Å². The molecular formula is C9H14N2S. The van der Waals surface area contributed by atoms with Crippen LogP contribution in [0.15, 0.2) is 24.3 Å². The number of hydrogen-bond acceptors (Lipinski definition) is 3. The summed E-state index contributed by atoms with van der Waals surface area (Å²) in [4.78, 5) is 0. The first-order valence-corrected chi connectivity index (χ1v) is 4.44. The molecule has 1 rings (SSSR count). The first-order chi connectivity index (χ1) is 5.72. The van der Waals surface area contributed by atoms with Crippen LogP contribution in [0.1, 0.15) is 13.8 Å². The standard InChI is InChI=1S/C9H14N2S/c1-7(2)10-8-3-5-9(11-12)6-4-8/h3-7,10-12H,1-2H3. The Labute approximate surface area is 78.9 Å². The molecule has 0 aliphatic rings. The Morgan fingerprint density at radius 3 is 2.00 bits per heavy atom. The van der Waals surface area contributed by atoms with Crippen LogP contribution in [0.4, 0.5) is 11.4 Å². The van der Waals surface area contributed by atoms with E-state index in [0.717, 1.165) is 11.4 Å². The van der Waals surface area contributed by atoms with Crippen molar-refractivity contribution in [3.8, 4) is 0 Å². The molecule has 0 aromatic heterocycles. The molecule has 0 fully saturated rings. The molecule has 0 saturated heterocycles. The largest absolute Gasteiger partial charge is 0.383 e. The molecule has 0 heterocycles. The zero-order chi connectivity index (χ0) is 8.97. The summed E-state index contributed by atoms with van der Waals surface area (Å²) in [5.74, 6) is 0. The van der Waals surface area contributed by atoms with Crippen molar-refractivity contribution in [3.63, 3.8) is 0 Å². The zero-order valence-electron chi connectivity index (χ0n) is 7.33. The lowest BCUT2D eigenvalue weighted by atomic mass is 10.2. The van der Waals surface area contributed by atoms with Crippen molar-refractivity contribution in [2.75, 3.05) is 10.0 Å². The molecule has 3 heteroatoms. The van der Waals surface area contributed by atoms with Crippen LogP contribution in [0.25, 0.3) is 0 Å². The summed E-state index contributed by atoms with van der Waals surface area (Å²) in [6.07, 6.45) is 0. The highest BCUT2D eigenvalue weighted by Gasteiger charge is 1.94. The maximum Gasteiger partial charge on any atom is 0.0439 e. The first kappa shape index (κ1) is 9.26. The smallest absolute Gasteiger partial charge is 0.0439 e. The van der Waals surface area contributed by atoms with E-state index in [0.29, 0.717) is 6.04 Å². The Hall–Kier alpha value is -0.830. The predicted molar refractivity (Wildman–Crippen MR) is 57.8 cm³/mol. The molecule has 12 heavy (non-hydrogen) atoms. The van der Waals surface area contributed by atoms with E-state index in [2.05, 4.69) is 36.7 Å². The van der Waals surface area contributed by atoms with Gasteiger partial charge in [0.25, 0.3) is 0 Å². The molecule has 0 unspecified atom stereocenters. The molecule has 0 radical (unpaired) electrons. The van der Waals surface area contributed by atoms with E-state index in [-0.39, 0.29) is 0 Å². The highest BCUT2D eigenvalue weighted by molar-refractivity contribution is 7.81. The number of thiol groups is 1. The topological polar surface area (TPSA) is 24.1 Å². The number of anilines is 2. The minimum Gasteiger partial charge on any atom is -0.383 e. The molecule has 0 bridgehead atoms. The van der Waals surface area contributed by atoms with Gasteiger partial charge in [-0.2, -0.15) is 0 Å². The lowest BCUT2D eigenvalue weighted by Gasteiger charge is -2.09. The van der Waals surface area contributed by atoms with Gasteiger partial charge in [0.2, 0.25) is 0 Å². The second-order valence-corrected chi connectivity index (χ2v) is 3.21. The fourth-order valence-corrected chi connectivity index (χ4v) is 1.12. The minimum atomic E-state index is 0.472. The monoisotopic (exact) mass is 182 g/mol. The lowest BCUT2D eigenvalue weighted by Crippen LogP contribution is -2.09. The summed E-state index contributed by atoms with van der Waals surface area (Å²) in [5, 5.41) is 3.30. The van der Waals surface area contributed by atoms with Crippen molar-refractivity contribution in [2.24, 2.45) is 0 Å². The van der Waals surface area contributed by atoms with Crippen LogP contribution in [0.5, 0.6) is 0 Å². The van der Waals surface area contributed by atoms with Gasteiger partial charge in [-0.25, -0.2) is 0 Å². The van der Waals surface area contributed by atoms with Crippen LogP contribution in [-0.2, 0) is 0 Å². The molecule has 0 spiro atoms. The van der Waals surface area contributed by atoms with Gasteiger partial charge in [0.15, 0.2) is 0 Å². The van der Waals surface area contributed by atoms with Crippen molar-refractivity contribution < 1.29 is 0 Å². The van der Waals surface area contributed by atoms with E-state index in [1.54, 1.807) is 0 Å². The number of nitrogens with one attached hydrogen (secondary N) is 2. The Balaban J connectivity index is 2.65. The zero-order valence-corrected chi connectivity index (χ0v) is 8.23. The normalized spacial score (nSPS) is 10.0. The molecule has 1 aromatic rings. The number of hydrogen-bond donors (Lipinski definition) is 3. The molecule has 0 atom stereocenters. The molecule has 66 valence electrons. The van der Waals surface area contributed by atoms with E-state index in [1.165, 1.54) is 0 Å². The van der Waals surface area contributed by atoms with Gasteiger partial charge >= 0.3 is 0 Å². The maximum atomic E-state index is 3.94. The quantitative estimate of drug-likeness (QED) is 0.626. The molecule has 0 amide bonds.